The van der Waals surface area contributed by atoms with Gasteiger partial charge in [-0.2, -0.15) is 0 Å². The van der Waals surface area contributed by atoms with Crippen molar-refractivity contribution < 1.29 is 4.79 Å². The van der Waals surface area contributed by atoms with Crippen molar-refractivity contribution in [3.8, 4) is 0 Å². The van der Waals surface area contributed by atoms with E-state index in [2.05, 4.69) is 10.3 Å². The second-order valence-corrected chi connectivity index (χ2v) is 5.61. The Morgan fingerprint density at radius 1 is 1.35 bits per heavy atom. The van der Waals surface area contributed by atoms with E-state index in [-0.39, 0.29) is 42.7 Å². The predicted octanol–water partition coefficient (Wildman–Crippen LogP) is 2.55. The molecule has 1 amide bonds. The summed E-state index contributed by atoms with van der Waals surface area (Å²) >= 11 is 0. The molecule has 2 saturated carbocycles. The van der Waals surface area contributed by atoms with E-state index in [9.17, 15) is 4.79 Å². The Morgan fingerprint density at radius 3 is 2.65 bits per heavy atom. The number of nitrogens with two attached hydrogens (primary N) is 1. The monoisotopic (exact) mass is 317 g/mol. The van der Waals surface area contributed by atoms with Gasteiger partial charge >= 0.3 is 0 Å². The Hall–Kier alpha value is -0.840. The summed E-state index contributed by atoms with van der Waals surface area (Å²) in [5.74, 6) is 1.13. The summed E-state index contributed by atoms with van der Waals surface area (Å²) in [7, 11) is 0. The minimum atomic E-state index is -0.00257. The molecule has 0 radical (unpaired) electrons. The number of hydrogen-bond acceptors (Lipinski definition) is 3. The van der Waals surface area contributed by atoms with E-state index in [0.29, 0.717) is 11.8 Å². The second-order valence-electron chi connectivity index (χ2n) is 5.61. The summed E-state index contributed by atoms with van der Waals surface area (Å²) in [5, 5.41) is 2.98. The van der Waals surface area contributed by atoms with Crippen LogP contribution in [0.5, 0.6) is 0 Å². The zero-order chi connectivity index (χ0) is 12.7. The number of amides is 1. The van der Waals surface area contributed by atoms with E-state index in [1.54, 1.807) is 6.20 Å². The number of aryl methyl sites for hydroxylation is 1. The van der Waals surface area contributed by atoms with Crippen LogP contribution in [0.25, 0.3) is 0 Å². The number of anilines is 1. The van der Waals surface area contributed by atoms with Gasteiger partial charge in [-0.25, -0.2) is 0 Å². The Labute approximate surface area is 131 Å². The van der Waals surface area contributed by atoms with Gasteiger partial charge in [-0.3, -0.25) is 9.78 Å². The third kappa shape index (κ3) is 3.08. The fraction of sp³-hybridized carbons (Fsp3) is 0.571. The molecule has 0 aliphatic heterocycles. The van der Waals surface area contributed by atoms with E-state index >= 15 is 0 Å². The van der Waals surface area contributed by atoms with Gasteiger partial charge in [0.05, 0.1) is 5.92 Å². The number of hydrogen-bond donors (Lipinski definition) is 2. The molecule has 0 saturated heterocycles. The number of fused-ring (bicyclic) bond motifs is 2. The number of nitrogens with zero attached hydrogens (tertiary/aromatic N) is 1. The molecular formula is C14H21Cl2N3O. The number of aromatic nitrogens is 1. The third-order valence-corrected chi connectivity index (χ3v) is 4.45. The van der Waals surface area contributed by atoms with Crippen LogP contribution < -0.4 is 11.1 Å². The van der Waals surface area contributed by atoms with Crippen LogP contribution in [0.3, 0.4) is 0 Å². The molecule has 1 heterocycles. The first-order chi connectivity index (χ1) is 8.65. The minimum absolute atomic E-state index is 0. The van der Waals surface area contributed by atoms with Gasteiger partial charge in [0, 0.05) is 23.6 Å². The number of rotatable bonds is 2. The van der Waals surface area contributed by atoms with Crippen molar-refractivity contribution in [3.63, 3.8) is 0 Å². The Morgan fingerprint density at radius 2 is 2.05 bits per heavy atom. The van der Waals surface area contributed by atoms with Crippen LogP contribution in [-0.4, -0.2) is 16.9 Å². The lowest BCUT2D eigenvalue weighted by Crippen LogP contribution is -2.42. The molecule has 2 aliphatic carbocycles. The average Bonchev–Trinajstić information content (AvgIpc) is 2.89. The number of carbonyl (C=O) groups is 1. The van der Waals surface area contributed by atoms with E-state index < -0.39 is 0 Å². The number of nitrogens with one attached hydrogen (secondary N) is 1. The van der Waals surface area contributed by atoms with Gasteiger partial charge in [-0.05, 0) is 50.2 Å². The van der Waals surface area contributed by atoms with Gasteiger partial charge in [-0.15, -0.1) is 24.8 Å². The van der Waals surface area contributed by atoms with Crippen LogP contribution in [0.4, 0.5) is 5.69 Å². The second kappa shape index (κ2) is 6.74. The molecule has 3 N–H and O–H groups in total. The number of carbonyl (C=O) groups excluding carboxylic acids is 1. The van der Waals surface area contributed by atoms with Crippen LogP contribution in [0.2, 0.25) is 0 Å². The maximum Gasteiger partial charge on any atom is 0.229 e. The topological polar surface area (TPSA) is 68.0 Å². The van der Waals surface area contributed by atoms with Crippen LogP contribution in [0, 0.1) is 24.7 Å². The van der Waals surface area contributed by atoms with Gasteiger partial charge in [-0.1, -0.05) is 0 Å². The van der Waals surface area contributed by atoms with E-state index in [1.807, 2.05) is 19.1 Å². The zero-order valence-corrected chi connectivity index (χ0v) is 13.0. The smallest absolute Gasteiger partial charge is 0.229 e. The minimum Gasteiger partial charge on any atom is -0.327 e. The van der Waals surface area contributed by atoms with Gasteiger partial charge in [0.1, 0.15) is 0 Å². The highest BCUT2D eigenvalue weighted by molar-refractivity contribution is 5.93. The molecule has 1 aromatic rings. The summed E-state index contributed by atoms with van der Waals surface area (Å²) in [6.07, 6.45) is 5.20. The standard InChI is InChI=1S/C14H19N3O.2ClH/c1-8-6-11(4-5-16-8)17-14(18)12-9-2-3-10(7-9)13(12)15;;/h4-6,9-10,12-13H,2-3,7,15H2,1H3,(H,16,17,18);2*1H. The van der Waals surface area contributed by atoms with E-state index in [0.717, 1.165) is 24.2 Å². The summed E-state index contributed by atoms with van der Waals surface area (Å²) in [4.78, 5) is 16.4. The van der Waals surface area contributed by atoms with Crippen LogP contribution in [0.15, 0.2) is 18.3 Å². The first kappa shape index (κ1) is 17.2. The van der Waals surface area contributed by atoms with Crippen molar-refractivity contribution in [2.24, 2.45) is 23.5 Å². The van der Waals surface area contributed by atoms with E-state index in [4.69, 9.17) is 5.73 Å². The molecule has 4 unspecified atom stereocenters. The maximum absolute atomic E-state index is 12.3. The van der Waals surface area contributed by atoms with Crippen molar-refractivity contribution in [1.29, 1.82) is 0 Å². The average molecular weight is 318 g/mol. The van der Waals surface area contributed by atoms with Crippen molar-refractivity contribution in [1.82, 2.24) is 4.98 Å². The molecular weight excluding hydrogens is 297 g/mol. The molecule has 20 heavy (non-hydrogen) atoms. The number of halogens is 2. The highest BCUT2D eigenvalue weighted by Crippen LogP contribution is 2.47. The molecule has 2 bridgehead atoms. The molecule has 0 spiro atoms. The van der Waals surface area contributed by atoms with Crippen LogP contribution in [-0.2, 0) is 4.79 Å². The van der Waals surface area contributed by atoms with Crippen molar-refractivity contribution in [3.05, 3.63) is 24.0 Å². The molecule has 0 aromatic carbocycles. The summed E-state index contributed by atoms with van der Waals surface area (Å²) < 4.78 is 0. The summed E-state index contributed by atoms with van der Waals surface area (Å²) in [6, 6.07) is 3.76. The molecule has 3 rings (SSSR count). The summed E-state index contributed by atoms with van der Waals surface area (Å²) in [6.45, 7) is 1.92. The summed E-state index contributed by atoms with van der Waals surface area (Å²) in [5.41, 5.74) is 7.90. The lowest BCUT2D eigenvalue weighted by molar-refractivity contribution is -0.121. The van der Waals surface area contributed by atoms with Crippen LogP contribution in [0.1, 0.15) is 25.0 Å². The molecule has 6 heteroatoms. The lowest BCUT2D eigenvalue weighted by Gasteiger charge is -2.27. The van der Waals surface area contributed by atoms with E-state index in [1.165, 1.54) is 6.42 Å². The normalized spacial score (nSPS) is 30.3. The van der Waals surface area contributed by atoms with Gasteiger partial charge in [0.25, 0.3) is 0 Å². The molecule has 2 fully saturated rings. The van der Waals surface area contributed by atoms with Gasteiger partial charge < -0.3 is 11.1 Å². The molecule has 1 aromatic heterocycles. The van der Waals surface area contributed by atoms with Crippen molar-refractivity contribution in [2.75, 3.05) is 5.32 Å². The zero-order valence-electron chi connectivity index (χ0n) is 11.4. The molecule has 4 atom stereocenters. The van der Waals surface area contributed by atoms with Crippen molar-refractivity contribution in [2.45, 2.75) is 32.2 Å². The maximum atomic E-state index is 12.3. The fourth-order valence-electron chi connectivity index (χ4n) is 3.57. The highest BCUT2D eigenvalue weighted by Gasteiger charge is 2.49. The Bertz CT molecular complexity index is 481. The first-order valence-electron chi connectivity index (χ1n) is 6.64. The molecule has 2 aliphatic rings. The van der Waals surface area contributed by atoms with Gasteiger partial charge in [0.2, 0.25) is 5.91 Å². The lowest BCUT2D eigenvalue weighted by atomic mass is 9.84. The van der Waals surface area contributed by atoms with Crippen molar-refractivity contribution >= 4 is 36.4 Å². The predicted molar refractivity (Wildman–Crippen MR) is 84.4 cm³/mol. The first-order valence-corrected chi connectivity index (χ1v) is 6.64. The third-order valence-electron chi connectivity index (χ3n) is 4.45. The highest BCUT2D eigenvalue weighted by atomic mass is 35.5. The van der Waals surface area contributed by atoms with Gasteiger partial charge in [0.15, 0.2) is 0 Å². The quantitative estimate of drug-likeness (QED) is 0.880. The Balaban J connectivity index is 0.000001000. The fourth-order valence-corrected chi connectivity index (χ4v) is 3.57. The number of pyridine rings is 1. The molecule has 112 valence electrons. The largest absolute Gasteiger partial charge is 0.327 e. The van der Waals surface area contributed by atoms with Crippen LogP contribution >= 0.6 is 24.8 Å². The SMILES string of the molecule is Cc1cc(NC(=O)C2C3CCC(C3)C2N)ccn1.Cl.Cl. The molecule has 4 nitrogen and oxygen atoms in total. The Kier molecular flexibility index (Phi) is 5.80.